The van der Waals surface area contributed by atoms with Gasteiger partial charge >= 0.3 is 0 Å². The fraction of sp³-hybridized carbons (Fsp3) is 0.310. The van der Waals surface area contributed by atoms with Crippen LogP contribution in [0.15, 0.2) is 36.4 Å². The predicted molar refractivity (Wildman–Crippen MR) is 146 cm³/mol. The van der Waals surface area contributed by atoms with Gasteiger partial charge in [-0.2, -0.15) is 0 Å². The van der Waals surface area contributed by atoms with Crippen molar-refractivity contribution in [3.05, 3.63) is 75.3 Å². The number of aromatic amines is 1. The SMILES string of the molecule is CCN(CC)CCN1CCc2[nH]c(C=C3C(=O)Nc4cccc(-c5cccc(Cl)c5F)c43)c(C)c2C1=O. The minimum absolute atomic E-state index is 0.0183. The number of nitrogens with one attached hydrogen (secondary N) is 2. The Hall–Kier alpha value is -3.42. The molecule has 0 saturated carbocycles. The third-order valence-electron chi connectivity index (χ3n) is 7.44. The third kappa shape index (κ3) is 4.47. The summed E-state index contributed by atoms with van der Waals surface area (Å²) in [5.41, 5.74) is 5.65. The zero-order valence-corrected chi connectivity index (χ0v) is 22.0. The Morgan fingerprint density at radius 3 is 2.57 bits per heavy atom. The van der Waals surface area contributed by atoms with E-state index in [2.05, 4.69) is 29.0 Å². The lowest BCUT2D eigenvalue weighted by atomic mass is 9.93. The summed E-state index contributed by atoms with van der Waals surface area (Å²) in [6.07, 6.45) is 2.50. The van der Waals surface area contributed by atoms with Crippen molar-refractivity contribution in [2.75, 3.05) is 38.0 Å². The quantitative estimate of drug-likeness (QED) is 0.398. The topological polar surface area (TPSA) is 68.4 Å². The molecule has 6 nitrogen and oxygen atoms in total. The summed E-state index contributed by atoms with van der Waals surface area (Å²) in [4.78, 5) is 34.0. The van der Waals surface area contributed by atoms with Gasteiger partial charge in [-0.15, -0.1) is 0 Å². The van der Waals surface area contributed by atoms with Crippen molar-refractivity contribution in [2.24, 2.45) is 0 Å². The Bertz CT molecular complexity index is 1420. The molecule has 0 aliphatic carbocycles. The normalized spacial score (nSPS) is 15.9. The molecule has 2 aliphatic rings. The van der Waals surface area contributed by atoms with Crippen molar-refractivity contribution in [1.82, 2.24) is 14.8 Å². The van der Waals surface area contributed by atoms with Crippen molar-refractivity contribution in [3.8, 4) is 11.1 Å². The van der Waals surface area contributed by atoms with Crippen molar-refractivity contribution in [3.63, 3.8) is 0 Å². The maximum absolute atomic E-state index is 15.0. The van der Waals surface area contributed by atoms with Crippen molar-refractivity contribution >= 4 is 40.8 Å². The summed E-state index contributed by atoms with van der Waals surface area (Å²) in [5, 5.41) is 2.91. The number of anilines is 1. The second kappa shape index (κ2) is 10.1. The van der Waals surface area contributed by atoms with Crippen molar-refractivity contribution < 1.29 is 14.0 Å². The van der Waals surface area contributed by atoms with E-state index in [4.69, 9.17) is 11.6 Å². The van der Waals surface area contributed by atoms with Gasteiger partial charge < -0.3 is 20.1 Å². The molecule has 1 aromatic heterocycles. The highest BCUT2D eigenvalue weighted by Gasteiger charge is 2.32. The lowest BCUT2D eigenvalue weighted by Crippen LogP contribution is -2.42. The fourth-order valence-electron chi connectivity index (χ4n) is 5.29. The molecule has 0 spiro atoms. The van der Waals surface area contributed by atoms with Gasteiger partial charge in [0.15, 0.2) is 0 Å². The molecule has 2 amide bonds. The number of fused-ring (bicyclic) bond motifs is 2. The minimum Gasteiger partial charge on any atom is -0.358 e. The number of halogens is 2. The van der Waals surface area contributed by atoms with E-state index in [9.17, 15) is 14.0 Å². The van der Waals surface area contributed by atoms with E-state index in [-0.39, 0.29) is 16.8 Å². The van der Waals surface area contributed by atoms with Crippen LogP contribution in [0.4, 0.5) is 10.1 Å². The molecule has 2 aliphatic heterocycles. The molecular weight excluding hydrogens is 491 g/mol. The predicted octanol–water partition coefficient (Wildman–Crippen LogP) is 5.62. The van der Waals surface area contributed by atoms with Crippen LogP contribution in [0, 0.1) is 12.7 Å². The van der Waals surface area contributed by atoms with Crippen LogP contribution in [-0.2, 0) is 11.2 Å². The number of rotatable bonds is 7. The van der Waals surface area contributed by atoms with Gasteiger partial charge in [0, 0.05) is 54.3 Å². The number of benzene rings is 2. The molecule has 0 bridgehead atoms. The Morgan fingerprint density at radius 2 is 1.81 bits per heavy atom. The minimum atomic E-state index is -0.529. The summed E-state index contributed by atoms with van der Waals surface area (Å²) in [5.74, 6) is -0.785. The summed E-state index contributed by atoms with van der Waals surface area (Å²) < 4.78 is 15.0. The van der Waals surface area contributed by atoms with Gasteiger partial charge in [-0.3, -0.25) is 9.59 Å². The third-order valence-corrected chi connectivity index (χ3v) is 7.73. The van der Waals surface area contributed by atoms with Crippen LogP contribution in [-0.4, -0.2) is 59.3 Å². The molecule has 5 rings (SSSR count). The first-order chi connectivity index (χ1) is 17.8. The van der Waals surface area contributed by atoms with Gasteiger partial charge in [0.1, 0.15) is 5.82 Å². The summed E-state index contributed by atoms with van der Waals surface area (Å²) in [7, 11) is 0. The van der Waals surface area contributed by atoms with Gasteiger partial charge in [0.05, 0.1) is 16.2 Å². The van der Waals surface area contributed by atoms with Crippen LogP contribution in [0.1, 0.15) is 46.7 Å². The van der Waals surface area contributed by atoms with Crippen LogP contribution < -0.4 is 5.32 Å². The fourth-order valence-corrected chi connectivity index (χ4v) is 5.47. The molecule has 2 N–H and O–H groups in total. The van der Waals surface area contributed by atoms with E-state index in [1.54, 1.807) is 36.4 Å². The second-order valence-electron chi connectivity index (χ2n) is 9.43. The lowest BCUT2D eigenvalue weighted by Gasteiger charge is -2.29. The number of aromatic nitrogens is 1. The molecule has 37 heavy (non-hydrogen) atoms. The molecular formula is C29H30ClFN4O2. The molecule has 0 atom stereocenters. The first kappa shape index (κ1) is 25.2. The van der Waals surface area contributed by atoms with E-state index in [1.165, 1.54) is 6.07 Å². The Labute approximate surface area is 221 Å². The average Bonchev–Trinajstić information content (AvgIpc) is 3.39. The molecule has 0 saturated heterocycles. The average molecular weight is 521 g/mol. The van der Waals surface area contributed by atoms with Crippen LogP contribution in [0.5, 0.6) is 0 Å². The van der Waals surface area contributed by atoms with Crippen LogP contribution >= 0.6 is 11.6 Å². The van der Waals surface area contributed by atoms with Gasteiger partial charge in [-0.1, -0.05) is 49.7 Å². The summed E-state index contributed by atoms with van der Waals surface area (Å²) in [6, 6.07) is 10.2. The van der Waals surface area contributed by atoms with E-state index >= 15 is 0 Å². The van der Waals surface area contributed by atoms with E-state index < -0.39 is 5.82 Å². The smallest absolute Gasteiger partial charge is 0.256 e. The lowest BCUT2D eigenvalue weighted by molar-refractivity contribution is -0.110. The highest BCUT2D eigenvalue weighted by Crippen LogP contribution is 2.42. The molecule has 0 unspecified atom stereocenters. The highest BCUT2D eigenvalue weighted by atomic mass is 35.5. The maximum atomic E-state index is 15.0. The Morgan fingerprint density at radius 1 is 1.08 bits per heavy atom. The standard InChI is InChI=1S/C29H30ClFN4O2/c1-4-34(5-2)14-15-35-13-12-23-25(29(35)37)17(3)24(32-23)16-20-26-18(8-7-11-22(26)33-28(20)36)19-9-6-10-21(30)27(19)31/h6-11,16,32H,4-5,12-15H2,1-3H3,(H,33,36). The van der Waals surface area contributed by atoms with Crippen LogP contribution in [0.25, 0.3) is 22.8 Å². The van der Waals surface area contributed by atoms with E-state index in [0.29, 0.717) is 52.3 Å². The summed E-state index contributed by atoms with van der Waals surface area (Å²) >= 11 is 6.05. The first-order valence-electron chi connectivity index (χ1n) is 12.7. The second-order valence-corrected chi connectivity index (χ2v) is 9.84. The number of amides is 2. The maximum Gasteiger partial charge on any atom is 0.256 e. The highest BCUT2D eigenvalue weighted by molar-refractivity contribution is 6.36. The molecule has 3 heterocycles. The monoisotopic (exact) mass is 520 g/mol. The Kier molecular flexibility index (Phi) is 6.92. The number of nitrogens with zero attached hydrogens (tertiary/aromatic N) is 2. The molecule has 3 aromatic rings. The number of carbonyl (C=O) groups is 2. The van der Waals surface area contributed by atoms with Gasteiger partial charge in [0.25, 0.3) is 11.8 Å². The van der Waals surface area contributed by atoms with Crippen molar-refractivity contribution in [1.29, 1.82) is 0 Å². The van der Waals surface area contributed by atoms with E-state index in [1.807, 2.05) is 11.8 Å². The van der Waals surface area contributed by atoms with Gasteiger partial charge in [-0.25, -0.2) is 4.39 Å². The van der Waals surface area contributed by atoms with E-state index in [0.717, 1.165) is 37.3 Å². The largest absolute Gasteiger partial charge is 0.358 e. The van der Waals surface area contributed by atoms with Crippen LogP contribution in [0.3, 0.4) is 0 Å². The number of likely N-dealkylation sites (N-methyl/N-ethyl adjacent to an activating group) is 1. The van der Waals surface area contributed by atoms with Gasteiger partial charge in [-0.05, 0) is 49.3 Å². The zero-order chi connectivity index (χ0) is 26.3. The summed E-state index contributed by atoms with van der Waals surface area (Å²) in [6.45, 7) is 10.2. The Balaban J connectivity index is 1.52. The number of hydrogen-bond donors (Lipinski definition) is 2. The molecule has 192 valence electrons. The number of carbonyl (C=O) groups excluding carboxylic acids is 2. The number of hydrogen-bond acceptors (Lipinski definition) is 3. The van der Waals surface area contributed by atoms with Crippen LogP contribution in [0.2, 0.25) is 5.02 Å². The zero-order valence-electron chi connectivity index (χ0n) is 21.3. The van der Waals surface area contributed by atoms with Crippen molar-refractivity contribution in [2.45, 2.75) is 27.2 Å². The van der Waals surface area contributed by atoms with Gasteiger partial charge in [0.2, 0.25) is 0 Å². The number of H-pyrrole nitrogens is 1. The molecule has 2 aromatic carbocycles. The molecule has 0 radical (unpaired) electrons. The molecule has 8 heteroatoms. The molecule has 0 fully saturated rings. The first-order valence-corrected chi connectivity index (χ1v) is 13.1.